The zero-order chi connectivity index (χ0) is 12.8. The standard InChI is InChI=1S/C6H6O3S.H3NO4S/c7-10(8,9)6-4-2-1-3-5-6;1-5-6(2,3)4/h1-5H,(H,7,8,9);1H2,(H,2,3,4). The van der Waals surface area contributed by atoms with Gasteiger partial charge in [-0.2, -0.15) is 27.0 Å². The van der Waals surface area contributed by atoms with E-state index in [9.17, 15) is 16.8 Å². The molecule has 16 heavy (non-hydrogen) atoms. The quantitative estimate of drug-likeness (QED) is 0.487. The van der Waals surface area contributed by atoms with Crippen LogP contribution in [0.2, 0.25) is 0 Å². The van der Waals surface area contributed by atoms with Gasteiger partial charge in [0.1, 0.15) is 0 Å². The fraction of sp³-hybridized carbons (Fsp3) is 0. The van der Waals surface area contributed by atoms with E-state index in [4.69, 9.17) is 9.11 Å². The van der Waals surface area contributed by atoms with Crippen molar-refractivity contribution in [2.24, 2.45) is 5.90 Å². The van der Waals surface area contributed by atoms with Gasteiger partial charge >= 0.3 is 10.4 Å². The van der Waals surface area contributed by atoms with Crippen LogP contribution in [-0.2, 0) is 24.8 Å². The molecule has 1 aromatic rings. The first kappa shape index (κ1) is 15.0. The Hall–Kier alpha value is -1.04. The molecule has 0 atom stereocenters. The molecule has 0 aliphatic heterocycles. The van der Waals surface area contributed by atoms with Gasteiger partial charge in [0.2, 0.25) is 0 Å². The zero-order valence-corrected chi connectivity index (χ0v) is 9.35. The monoisotopic (exact) mass is 271 g/mol. The lowest BCUT2D eigenvalue weighted by atomic mass is 10.4. The molecule has 0 fully saturated rings. The molecule has 92 valence electrons. The Bertz CT molecular complexity index is 507. The zero-order valence-electron chi connectivity index (χ0n) is 7.72. The molecule has 0 aromatic heterocycles. The van der Waals surface area contributed by atoms with E-state index in [1.54, 1.807) is 18.2 Å². The fourth-order valence-electron chi connectivity index (χ4n) is 0.592. The molecule has 10 heteroatoms. The van der Waals surface area contributed by atoms with Crippen LogP contribution in [0.1, 0.15) is 0 Å². The van der Waals surface area contributed by atoms with Crippen LogP contribution in [0.5, 0.6) is 0 Å². The smallest absolute Gasteiger partial charge is 0.282 e. The Morgan fingerprint density at radius 1 is 1.00 bits per heavy atom. The van der Waals surface area contributed by atoms with E-state index >= 15 is 0 Å². The minimum absolute atomic E-state index is 0.0741. The highest BCUT2D eigenvalue weighted by atomic mass is 32.3. The van der Waals surface area contributed by atoms with E-state index in [-0.39, 0.29) is 4.90 Å². The van der Waals surface area contributed by atoms with Gasteiger partial charge in [0.05, 0.1) is 4.90 Å². The average Bonchev–Trinajstić information content (AvgIpc) is 2.18. The highest BCUT2D eigenvalue weighted by Crippen LogP contribution is 2.05. The predicted octanol–water partition coefficient (Wildman–Crippen LogP) is -0.387. The number of nitrogens with two attached hydrogens (primary N) is 1. The third-order valence-corrected chi connectivity index (χ3v) is 2.27. The molecule has 0 aliphatic rings. The SMILES string of the molecule is NOS(=O)(=O)O.O=S(=O)(O)c1ccccc1. The van der Waals surface area contributed by atoms with Gasteiger partial charge in [-0.15, -0.1) is 0 Å². The van der Waals surface area contributed by atoms with Crippen LogP contribution in [0, 0.1) is 0 Å². The predicted molar refractivity (Wildman–Crippen MR) is 53.1 cm³/mol. The van der Waals surface area contributed by atoms with E-state index in [1.165, 1.54) is 12.1 Å². The molecule has 1 aromatic carbocycles. The van der Waals surface area contributed by atoms with E-state index in [2.05, 4.69) is 10.2 Å². The Balaban J connectivity index is 0.000000325. The summed E-state index contributed by atoms with van der Waals surface area (Å²) in [5, 5.41) is 0. The normalized spacial score (nSPS) is 11.4. The summed E-state index contributed by atoms with van der Waals surface area (Å²) in [5.41, 5.74) is 0. The highest BCUT2D eigenvalue weighted by molar-refractivity contribution is 7.85. The van der Waals surface area contributed by atoms with Crippen LogP contribution in [0.15, 0.2) is 35.2 Å². The van der Waals surface area contributed by atoms with Crippen LogP contribution in [0.25, 0.3) is 0 Å². The summed E-state index contributed by atoms with van der Waals surface area (Å²) in [6.07, 6.45) is 0. The van der Waals surface area contributed by atoms with Crippen molar-refractivity contribution in [2.75, 3.05) is 0 Å². The summed E-state index contributed by atoms with van der Waals surface area (Å²) in [4.78, 5) is -0.0741. The van der Waals surface area contributed by atoms with Gasteiger partial charge in [0.25, 0.3) is 10.1 Å². The molecule has 0 radical (unpaired) electrons. The molecule has 0 saturated heterocycles. The number of rotatable bonds is 2. The Morgan fingerprint density at radius 2 is 1.38 bits per heavy atom. The Kier molecular flexibility index (Phi) is 5.50. The van der Waals surface area contributed by atoms with Gasteiger partial charge in [-0.1, -0.05) is 18.2 Å². The molecule has 0 saturated carbocycles. The molecule has 1 rings (SSSR count). The Morgan fingerprint density at radius 3 is 1.56 bits per heavy atom. The van der Waals surface area contributed by atoms with Crippen LogP contribution in [0.4, 0.5) is 0 Å². The summed E-state index contributed by atoms with van der Waals surface area (Å²) in [6.45, 7) is 0. The summed E-state index contributed by atoms with van der Waals surface area (Å²) < 4.78 is 58.1. The van der Waals surface area contributed by atoms with Crippen molar-refractivity contribution in [3.63, 3.8) is 0 Å². The Labute approximate surface area is 92.3 Å². The number of benzene rings is 1. The third-order valence-electron chi connectivity index (χ3n) is 1.16. The number of hydrogen-bond acceptors (Lipinski definition) is 6. The second-order valence-corrected chi connectivity index (χ2v) is 4.78. The van der Waals surface area contributed by atoms with Crippen molar-refractivity contribution in [2.45, 2.75) is 4.90 Å². The summed E-state index contributed by atoms with van der Waals surface area (Å²) >= 11 is 0. The van der Waals surface area contributed by atoms with E-state index in [0.717, 1.165) is 0 Å². The van der Waals surface area contributed by atoms with Crippen molar-refractivity contribution < 1.29 is 30.2 Å². The third kappa shape index (κ3) is 7.28. The van der Waals surface area contributed by atoms with Crippen molar-refractivity contribution >= 4 is 20.5 Å². The van der Waals surface area contributed by atoms with Crippen LogP contribution >= 0.6 is 0 Å². The lowest BCUT2D eigenvalue weighted by Crippen LogP contribution is -2.08. The summed E-state index contributed by atoms with van der Waals surface area (Å²) in [7, 11) is -8.39. The van der Waals surface area contributed by atoms with Crippen molar-refractivity contribution in [1.82, 2.24) is 0 Å². The van der Waals surface area contributed by atoms with E-state index < -0.39 is 20.5 Å². The highest BCUT2D eigenvalue weighted by Gasteiger charge is 2.05. The van der Waals surface area contributed by atoms with Crippen molar-refractivity contribution in [1.29, 1.82) is 0 Å². The van der Waals surface area contributed by atoms with Crippen molar-refractivity contribution in [3.8, 4) is 0 Å². The molecular weight excluding hydrogens is 262 g/mol. The second kappa shape index (κ2) is 5.89. The van der Waals surface area contributed by atoms with E-state index in [1.807, 2.05) is 0 Å². The molecular formula is C6H9NO7S2. The van der Waals surface area contributed by atoms with Gasteiger partial charge in [-0.25, -0.2) is 0 Å². The van der Waals surface area contributed by atoms with Crippen LogP contribution in [-0.4, -0.2) is 25.9 Å². The first-order valence-electron chi connectivity index (χ1n) is 3.55. The van der Waals surface area contributed by atoms with Crippen LogP contribution < -0.4 is 5.90 Å². The molecule has 0 unspecified atom stereocenters. The van der Waals surface area contributed by atoms with Crippen molar-refractivity contribution in [3.05, 3.63) is 30.3 Å². The first-order valence-corrected chi connectivity index (χ1v) is 6.35. The van der Waals surface area contributed by atoms with Gasteiger partial charge in [-0.3, -0.25) is 9.11 Å². The maximum atomic E-state index is 10.4. The van der Waals surface area contributed by atoms with Gasteiger partial charge in [0, 0.05) is 0 Å². The minimum atomic E-state index is -4.38. The lowest BCUT2D eigenvalue weighted by molar-refractivity contribution is 0.277. The first-order chi connectivity index (χ1) is 7.17. The molecule has 0 heterocycles. The van der Waals surface area contributed by atoms with E-state index in [0.29, 0.717) is 0 Å². The largest absolute Gasteiger partial charge is 0.413 e. The topological polar surface area (TPSA) is 144 Å². The van der Waals surface area contributed by atoms with Gasteiger partial charge in [0.15, 0.2) is 0 Å². The summed E-state index contributed by atoms with van der Waals surface area (Å²) in [6, 6.07) is 7.42. The van der Waals surface area contributed by atoms with Gasteiger partial charge in [-0.05, 0) is 12.1 Å². The summed E-state index contributed by atoms with van der Waals surface area (Å²) in [5.74, 6) is 3.97. The maximum Gasteiger partial charge on any atom is 0.413 e. The number of hydrogen-bond donors (Lipinski definition) is 3. The maximum absolute atomic E-state index is 10.4. The second-order valence-electron chi connectivity index (χ2n) is 2.31. The molecule has 0 bridgehead atoms. The molecule has 4 N–H and O–H groups in total. The fourth-order valence-corrected chi connectivity index (χ4v) is 1.09. The van der Waals surface area contributed by atoms with Gasteiger partial charge < -0.3 is 0 Å². The average molecular weight is 271 g/mol. The lowest BCUT2D eigenvalue weighted by Gasteiger charge is -1.92. The minimum Gasteiger partial charge on any atom is -0.282 e. The molecule has 8 nitrogen and oxygen atoms in total. The molecule has 0 spiro atoms. The van der Waals surface area contributed by atoms with Crippen LogP contribution in [0.3, 0.4) is 0 Å². The molecule has 0 aliphatic carbocycles. The molecule has 0 amide bonds.